The van der Waals surface area contributed by atoms with Crippen LogP contribution in [-0.2, 0) is 11.3 Å². The molecule has 0 fully saturated rings. The average Bonchev–Trinajstić information content (AvgIpc) is 3.17. The van der Waals surface area contributed by atoms with Crippen molar-refractivity contribution in [1.82, 2.24) is 14.8 Å². The summed E-state index contributed by atoms with van der Waals surface area (Å²) in [7, 11) is 1.60. The molecule has 0 aliphatic heterocycles. The number of nitrogens with one attached hydrogen (secondary N) is 1. The molecule has 162 valence electrons. The first-order valence-corrected chi connectivity index (χ1v) is 10.8. The average molecular weight is 439 g/mol. The van der Waals surface area contributed by atoms with Gasteiger partial charge in [-0.3, -0.25) is 9.36 Å². The number of carbonyl (C=O) groups is 1. The van der Waals surface area contributed by atoms with Crippen LogP contribution >= 0.6 is 11.8 Å². The summed E-state index contributed by atoms with van der Waals surface area (Å²) in [6, 6.07) is 15.0. The molecule has 0 saturated carbocycles. The molecule has 0 spiro atoms. The summed E-state index contributed by atoms with van der Waals surface area (Å²) in [6.07, 6.45) is 1.46. The summed E-state index contributed by atoms with van der Waals surface area (Å²) in [5, 5.41) is 12.1. The Morgan fingerprint density at radius 1 is 1.16 bits per heavy atom. The third-order valence-electron chi connectivity index (χ3n) is 4.46. The minimum atomic E-state index is -0.308. The first-order chi connectivity index (χ1) is 15.0. The fourth-order valence-corrected chi connectivity index (χ4v) is 3.64. The Hall–Kier alpha value is -3.26. The highest BCUT2D eigenvalue weighted by molar-refractivity contribution is 7.99. The number of carbonyl (C=O) groups excluding carboxylic acids is 1. The Kier molecular flexibility index (Phi) is 7.72. The summed E-state index contributed by atoms with van der Waals surface area (Å²) >= 11 is 1.32. The van der Waals surface area contributed by atoms with Gasteiger partial charge in [-0.1, -0.05) is 35.5 Å². The fourth-order valence-electron chi connectivity index (χ4n) is 2.88. The third kappa shape index (κ3) is 6.11. The molecule has 3 aromatic rings. The molecule has 8 heteroatoms. The number of benzene rings is 2. The van der Waals surface area contributed by atoms with E-state index < -0.39 is 0 Å². The molecule has 3 rings (SSSR count). The van der Waals surface area contributed by atoms with Crippen molar-refractivity contribution in [1.29, 1.82) is 0 Å². The molecule has 1 amide bonds. The van der Waals surface area contributed by atoms with Crippen LogP contribution in [-0.4, -0.2) is 33.5 Å². The van der Waals surface area contributed by atoms with Gasteiger partial charge in [0.2, 0.25) is 5.91 Å². The van der Waals surface area contributed by atoms with Gasteiger partial charge in [0.25, 0.3) is 0 Å². The monoisotopic (exact) mass is 438 g/mol. The van der Waals surface area contributed by atoms with Crippen LogP contribution in [0.4, 0.5) is 5.69 Å². The molecule has 0 saturated heterocycles. The zero-order valence-electron chi connectivity index (χ0n) is 17.9. The number of allylic oxidation sites excluding steroid dienone is 1. The SMILES string of the molecule is C=CCn1c(SCC(=O)Nc2ccc(OC)cc2)nnc1C(C)Oc1ccc(C)cc1. The van der Waals surface area contributed by atoms with E-state index in [0.29, 0.717) is 23.2 Å². The van der Waals surface area contributed by atoms with Crippen LogP contribution in [0.2, 0.25) is 0 Å². The van der Waals surface area contributed by atoms with Gasteiger partial charge in [-0.25, -0.2) is 0 Å². The molecule has 31 heavy (non-hydrogen) atoms. The number of hydrogen-bond donors (Lipinski definition) is 1. The number of amides is 1. The zero-order valence-corrected chi connectivity index (χ0v) is 18.7. The molecule has 1 heterocycles. The van der Waals surface area contributed by atoms with Gasteiger partial charge in [-0.05, 0) is 50.2 Å². The fraction of sp³-hybridized carbons (Fsp3) is 0.261. The predicted molar refractivity (Wildman–Crippen MR) is 123 cm³/mol. The van der Waals surface area contributed by atoms with E-state index in [2.05, 4.69) is 22.1 Å². The maximum atomic E-state index is 12.4. The third-order valence-corrected chi connectivity index (χ3v) is 5.43. The number of ether oxygens (including phenoxy) is 2. The van der Waals surface area contributed by atoms with Crippen molar-refractivity contribution >= 4 is 23.4 Å². The quantitative estimate of drug-likeness (QED) is 0.367. The molecule has 0 aliphatic carbocycles. The highest BCUT2D eigenvalue weighted by atomic mass is 32.2. The Bertz CT molecular complexity index is 1020. The Balaban J connectivity index is 1.64. The van der Waals surface area contributed by atoms with E-state index in [-0.39, 0.29) is 17.8 Å². The van der Waals surface area contributed by atoms with Crippen LogP contribution in [0.1, 0.15) is 24.4 Å². The normalized spacial score (nSPS) is 11.6. The van der Waals surface area contributed by atoms with Crippen molar-refractivity contribution in [3.05, 3.63) is 72.6 Å². The molecule has 1 atom stereocenters. The van der Waals surface area contributed by atoms with Crippen LogP contribution in [0, 0.1) is 6.92 Å². The number of aromatic nitrogens is 3. The second-order valence-corrected chi connectivity index (χ2v) is 7.82. The second kappa shape index (κ2) is 10.7. The highest BCUT2D eigenvalue weighted by Crippen LogP contribution is 2.25. The molecule has 7 nitrogen and oxygen atoms in total. The lowest BCUT2D eigenvalue weighted by Gasteiger charge is -2.16. The van der Waals surface area contributed by atoms with Gasteiger partial charge in [0.05, 0.1) is 12.9 Å². The summed E-state index contributed by atoms with van der Waals surface area (Å²) in [4.78, 5) is 12.4. The van der Waals surface area contributed by atoms with Gasteiger partial charge < -0.3 is 14.8 Å². The minimum Gasteiger partial charge on any atom is -0.497 e. The predicted octanol–water partition coefficient (Wildman–Crippen LogP) is 4.65. The van der Waals surface area contributed by atoms with Gasteiger partial charge >= 0.3 is 0 Å². The van der Waals surface area contributed by atoms with Gasteiger partial charge in [-0.15, -0.1) is 16.8 Å². The Morgan fingerprint density at radius 3 is 2.48 bits per heavy atom. The summed E-state index contributed by atoms with van der Waals surface area (Å²) in [6.45, 7) is 8.30. The summed E-state index contributed by atoms with van der Waals surface area (Å²) < 4.78 is 13.1. The zero-order chi connectivity index (χ0) is 22.2. The topological polar surface area (TPSA) is 78.3 Å². The first-order valence-electron chi connectivity index (χ1n) is 9.84. The van der Waals surface area contributed by atoms with Crippen LogP contribution in [0.5, 0.6) is 11.5 Å². The summed E-state index contributed by atoms with van der Waals surface area (Å²) in [5.41, 5.74) is 1.88. The van der Waals surface area contributed by atoms with E-state index in [0.717, 1.165) is 11.5 Å². The lowest BCUT2D eigenvalue weighted by Crippen LogP contribution is -2.15. The maximum Gasteiger partial charge on any atom is 0.234 e. The first kappa shape index (κ1) is 22.4. The van der Waals surface area contributed by atoms with E-state index in [1.807, 2.05) is 42.7 Å². The molecule has 1 unspecified atom stereocenters. The lowest BCUT2D eigenvalue weighted by molar-refractivity contribution is -0.113. The molecule has 0 bridgehead atoms. The largest absolute Gasteiger partial charge is 0.497 e. The number of nitrogens with zero attached hydrogens (tertiary/aromatic N) is 3. The minimum absolute atomic E-state index is 0.131. The van der Waals surface area contributed by atoms with E-state index >= 15 is 0 Å². The molecule has 1 aromatic heterocycles. The Labute approximate surface area is 186 Å². The van der Waals surface area contributed by atoms with E-state index in [9.17, 15) is 4.79 Å². The van der Waals surface area contributed by atoms with Gasteiger partial charge in [0.1, 0.15) is 11.5 Å². The van der Waals surface area contributed by atoms with E-state index in [1.54, 1.807) is 37.5 Å². The number of anilines is 1. The number of aryl methyl sites for hydroxylation is 1. The van der Waals surface area contributed by atoms with E-state index in [4.69, 9.17) is 9.47 Å². The van der Waals surface area contributed by atoms with Crippen molar-refractivity contribution < 1.29 is 14.3 Å². The lowest BCUT2D eigenvalue weighted by atomic mass is 10.2. The Morgan fingerprint density at radius 2 is 1.84 bits per heavy atom. The van der Waals surface area contributed by atoms with Crippen molar-refractivity contribution in [2.24, 2.45) is 0 Å². The molecular formula is C23H26N4O3S. The smallest absolute Gasteiger partial charge is 0.234 e. The van der Waals surface area contributed by atoms with Crippen LogP contribution in [0.25, 0.3) is 0 Å². The molecule has 0 radical (unpaired) electrons. The van der Waals surface area contributed by atoms with Crippen LogP contribution in [0.15, 0.2) is 66.3 Å². The van der Waals surface area contributed by atoms with Crippen molar-refractivity contribution in [3.63, 3.8) is 0 Å². The molecule has 2 aromatic carbocycles. The number of methoxy groups -OCH3 is 1. The van der Waals surface area contributed by atoms with E-state index in [1.165, 1.54) is 17.3 Å². The van der Waals surface area contributed by atoms with Crippen LogP contribution in [0.3, 0.4) is 0 Å². The van der Waals surface area contributed by atoms with Crippen LogP contribution < -0.4 is 14.8 Å². The molecule has 0 aliphatic rings. The van der Waals surface area contributed by atoms with Crippen molar-refractivity contribution in [2.75, 3.05) is 18.2 Å². The van der Waals surface area contributed by atoms with Gasteiger partial charge in [0, 0.05) is 12.2 Å². The standard InChI is InChI=1S/C23H26N4O3S/c1-5-14-27-22(17(3)30-20-10-6-16(2)7-11-20)25-26-23(27)31-15-21(28)24-18-8-12-19(29-4)13-9-18/h5-13,17H,1,14-15H2,2-4H3,(H,24,28). The highest BCUT2D eigenvalue weighted by Gasteiger charge is 2.19. The van der Waals surface area contributed by atoms with Crippen molar-refractivity contribution in [2.45, 2.75) is 31.7 Å². The summed E-state index contributed by atoms with van der Waals surface area (Å²) in [5.74, 6) is 2.25. The molecular weight excluding hydrogens is 412 g/mol. The maximum absolute atomic E-state index is 12.4. The number of hydrogen-bond acceptors (Lipinski definition) is 6. The number of rotatable bonds is 10. The molecule has 1 N–H and O–H groups in total. The van der Waals surface area contributed by atoms with Crippen molar-refractivity contribution in [3.8, 4) is 11.5 Å². The number of thioether (sulfide) groups is 1. The second-order valence-electron chi connectivity index (χ2n) is 6.88. The van der Waals surface area contributed by atoms with Gasteiger partial charge in [0.15, 0.2) is 17.1 Å². The van der Waals surface area contributed by atoms with Gasteiger partial charge in [-0.2, -0.15) is 0 Å².